The van der Waals surface area contributed by atoms with E-state index in [1.54, 1.807) is 0 Å². The van der Waals surface area contributed by atoms with Gasteiger partial charge in [-0.05, 0) is 0 Å². The molecule has 0 N–H and O–H groups in total. The Hall–Kier alpha value is 10.8. The number of rotatable bonds is 1. The van der Waals surface area contributed by atoms with Gasteiger partial charge in [0, 0.05) is 327 Å². The van der Waals surface area contributed by atoms with Gasteiger partial charge in [0.1, 0.15) is 0 Å². The zero-order valence-corrected chi connectivity index (χ0v) is 52.9. The molecule has 0 saturated heterocycles. The molecule has 10 radical (unpaired) electrons. The van der Waals surface area contributed by atoms with Gasteiger partial charge in [-0.1, -0.05) is 93.9 Å². The van der Waals surface area contributed by atoms with Crippen molar-refractivity contribution in [3.05, 3.63) is 33.4 Å². The first kappa shape index (κ1) is 90.3. The Kier molecular flexibility index (Phi) is 143. The number of allylic oxidation sites excluding steroid dienone is 1. The molecule has 0 aliphatic carbocycles. The summed E-state index contributed by atoms with van der Waals surface area (Å²) < 4.78 is 0. The van der Waals surface area contributed by atoms with Crippen molar-refractivity contribution < 1.29 is 327 Å². The first-order chi connectivity index (χ1) is 9.62. The summed E-state index contributed by atoms with van der Waals surface area (Å²) in [6.45, 7) is 40.3. The number of hydrogen-bond acceptors (Lipinski definition) is 0. The van der Waals surface area contributed by atoms with E-state index < -0.39 is 0 Å². The van der Waals surface area contributed by atoms with E-state index >= 15 is 0 Å². The SMILES string of the molecule is C=[C-]CC(C)(C)C.[CH2-]C(C)(C)C.[CH2-]C(C)(C)C.[CH2-]CC(C)(C)C.[Y].[Y].[Y].[Y].[Y].[Y].[Y].[Y].[Y].[Y]. The van der Waals surface area contributed by atoms with Gasteiger partial charge in [0.05, 0.1) is 0 Å². The summed E-state index contributed by atoms with van der Waals surface area (Å²) in [5.41, 5.74) is 1.31. The van der Waals surface area contributed by atoms with E-state index in [1.807, 2.05) is 0 Å². The monoisotopic (exact) mass is 1210 g/mol. The van der Waals surface area contributed by atoms with E-state index in [2.05, 4.69) is 117 Å². The van der Waals surface area contributed by atoms with Crippen molar-refractivity contribution in [2.75, 3.05) is 0 Å². The third-order valence-electron chi connectivity index (χ3n) is 1.41. The van der Waals surface area contributed by atoms with E-state index in [0.29, 0.717) is 10.8 Å². The van der Waals surface area contributed by atoms with Gasteiger partial charge < -0.3 is 26.8 Å². The molecule has 0 aliphatic heterocycles. The average Bonchev–Trinajstić information content (AvgIpc) is 2.09. The summed E-state index contributed by atoms with van der Waals surface area (Å²) >= 11 is 0. The standard InChI is InChI=1S/C7H13.C6H13.2C5H11.10Y/c1-5-6-7(2,3)4;1-5-6(2,3)4;2*1-5(2,3)4;;;;;;;;;;/h1,6H2,2-4H3;1,5H2,2-4H3;2*1H2,2-4H3;;;;;;;;;;/q4*-1;;;;;;;;;;. The Bertz CT molecular complexity index is 247. The molecule has 0 atom stereocenters. The molecule has 0 aromatic carbocycles. The second kappa shape index (κ2) is 52.3. The third-order valence-corrected chi connectivity index (χ3v) is 1.41. The van der Waals surface area contributed by atoms with Gasteiger partial charge in [-0.3, -0.25) is 6.58 Å². The summed E-state index contributed by atoms with van der Waals surface area (Å²) in [5, 5.41) is 0. The zero-order valence-electron chi connectivity index (χ0n) is 24.5. The fourth-order valence-corrected chi connectivity index (χ4v) is 0.375. The summed E-state index contributed by atoms with van der Waals surface area (Å²) in [5.74, 6) is 0. The minimum absolute atomic E-state index is 0. The van der Waals surface area contributed by atoms with Crippen molar-refractivity contribution in [1.82, 2.24) is 0 Å². The fourth-order valence-electron chi connectivity index (χ4n) is 0.375. The van der Waals surface area contributed by atoms with Crippen molar-refractivity contribution in [1.29, 1.82) is 0 Å². The molecule has 0 aliphatic rings. The van der Waals surface area contributed by atoms with Crippen LogP contribution < -0.4 is 0 Å². The Labute approximate surface area is 465 Å². The van der Waals surface area contributed by atoms with Crippen LogP contribution in [0.15, 0.2) is 6.58 Å². The average molecular weight is 1210 g/mol. The van der Waals surface area contributed by atoms with E-state index in [9.17, 15) is 0 Å². The van der Waals surface area contributed by atoms with Gasteiger partial charge in [0.2, 0.25) is 0 Å². The smallest absolute Gasteiger partial charge is 0 e. The van der Waals surface area contributed by atoms with Crippen LogP contribution in [0.5, 0.6) is 0 Å². The van der Waals surface area contributed by atoms with Gasteiger partial charge in [-0.15, -0.1) is 0 Å². The van der Waals surface area contributed by atoms with Gasteiger partial charge in [-0.25, -0.2) is 0 Å². The zero-order chi connectivity index (χ0) is 20.1. The predicted molar refractivity (Wildman–Crippen MR) is 112 cm³/mol. The molecular formula is C23H48Y10-4. The van der Waals surface area contributed by atoms with E-state index in [4.69, 9.17) is 0 Å². The molecule has 0 heterocycles. The van der Waals surface area contributed by atoms with Crippen LogP contribution in [0.25, 0.3) is 0 Å². The van der Waals surface area contributed by atoms with Crippen LogP contribution in [0, 0.1) is 48.5 Å². The van der Waals surface area contributed by atoms with E-state index in [-0.39, 0.29) is 338 Å². The molecule has 0 rings (SSSR count). The third kappa shape index (κ3) is 225. The molecule has 0 fully saturated rings. The van der Waals surface area contributed by atoms with Crippen LogP contribution in [0.2, 0.25) is 0 Å². The number of hydrogen-bond donors (Lipinski definition) is 0. The largest absolute Gasteiger partial charge is 0.504 e. The Morgan fingerprint density at radius 3 is 0.606 bits per heavy atom. The molecule has 0 bridgehead atoms. The molecule has 0 aromatic heterocycles. The fraction of sp³-hybridized carbons (Fsp3) is 0.783. The topological polar surface area (TPSA) is 0 Å². The second-order valence-corrected chi connectivity index (χ2v) is 10.9. The Morgan fingerprint density at radius 1 is 0.485 bits per heavy atom. The molecular weight excluding hydrogens is 1170 g/mol. The van der Waals surface area contributed by atoms with Gasteiger partial charge in [0.15, 0.2) is 0 Å². The van der Waals surface area contributed by atoms with Crippen LogP contribution in [-0.4, -0.2) is 0 Å². The van der Waals surface area contributed by atoms with Crippen molar-refractivity contribution in [3.8, 4) is 0 Å². The van der Waals surface area contributed by atoms with Crippen molar-refractivity contribution in [2.45, 2.75) is 95.9 Å². The van der Waals surface area contributed by atoms with Crippen LogP contribution in [-0.2, 0) is 327 Å². The van der Waals surface area contributed by atoms with Crippen molar-refractivity contribution in [2.24, 2.45) is 21.7 Å². The second-order valence-electron chi connectivity index (χ2n) is 10.9. The van der Waals surface area contributed by atoms with Gasteiger partial charge in [0.25, 0.3) is 0 Å². The minimum atomic E-state index is 0. The maximum absolute atomic E-state index is 3.77. The maximum atomic E-state index is 3.77. The first-order valence-corrected chi connectivity index (χ1v) is 8.62. The van der Waals surface area contributed by atoms with Crippen LogP contribution in [0.3, 0.4) is 0 Å². The predicted octanol–water partition coefficient (Wildman–Crippen LogP) is 8.38. The molecule has 0 amide bonds. The Morgan fingerprint density at radius 2 is 0.606 bits per heavy atom. The maximum Gasteiger partial charge on any atom is 0 e. The summed E-state index contributed by atoms with van der Waals surface area (Å²) in [6.07, 6.45) is 4.86. The molecule has 0 saturated carbocycles. The van der Waals surface area contributed by atoms with E-state index in [1.165, 1.54) is 0 Å². The molecule has 174 valence electrons. The summed E-state index contributed by atoms with van der Waals surface area (Å²) in [6, 6.07) is 0. The molecule has 0 nitrogen and oxygen atoms in total. The molecule has 33 heavy (non-hydrogen) atoms. The molecule has 10 heteroatoms. The van der Waals surface area contributed by atoms with Gasteiger partial charge >= 0.3 is 0 Å². The summed E-state index contributed by atoms with van der Waals surface area (Å²) in [4.78, 5) is 0. The molecule has 0 aromatic rings. The quantitative estimate of drug-likeness (QED) is 0.232. The molecule has 0 unspecified atom stereocenters. The van der Waals surface area contributed by atoms with E-state index in [0.717, 1.165) is 12.8 Å². The van der Waals surface area contributed by atoms with Crippen LogP contribution in [0.1, 0.15) is 95.9 Å². The van der Waals surface area contributed by atoms with Gasteiger partial charge in [-0.2, -0.15) is 23.7 Å². The summed E-state index contributed by atoms with van der Waals surface area (Å²) in [7, 11) is 0. The van der Waals surface area contributed by atoms with Crippen LogP contribution >= 0.6 is 0 Å². The Balaban J connectivity index is -0.0000000111. The molecule has 0 spiro atoms. The first-order valence-electron chi connectivity index (χ1n) is 8.62. The van der Waals surface area contributed by atoms with Crippen molar-refractivity contribution in [3.63, 3.8) is 0 Å². The minimum Gasteiger partial charge on any atom is -0.504 e. The van der Waals surface area contributed by atoms with Crippen molar-refractivity contribution >= 4 is 0 Å². The normalized spacial score (nSPS) is 8.21. The van der Waals surface area contributed by atoms with Crippen LogP contribution in [0.4, 0.5) is 0 Å².